The topological polar surface area (TPSA) is 70.7 Å². The lowest BCUT2D eigenvalue weighted by molar-refractivity contribution is -0.137. The minimum Gasteiger partial charge on any atom is -0.379 e. The number of benzene rings is 3. The summed E-state index contributed by atoms with van der Waals surface area (Å²) in [6, 6.07) is 18.8. The van der Waals surface area contributed by atoms with Gasteiger partial charge < -0.3 is 15.4 Å². The van der Waals surface area contributed by atoms with E-state index in [4.69, 9.17) is 4.74 Å². The van der Waals surface area contributed by atoms with Gasteiger partial charge in [0, 0.05) is 18.7 Å². The molecule has 1 aliphatic heterocycles. The first kappa shape index (κ1) is 25.4. The lowest BCUT2D eigenvalue weighted by Gasteiger charge is -2.31. The summed E-state index contributed by atoms with van der Waals surface area (Å²) < 4.78 is 45.4. The van der Waals surface area contributed by atoms with E-state index in [9.17, 15) is 22.8 Å². The van der Waals surface area contributed by atoms with Crippen LogP contribution in [0.5, 0.6) is 0 Å². The molecule has 1 fully saturated rings. The number of nitrogens with one attached hydrogen (secondary N) is 2. The molecule has 1 aliphatic rings. The van der Waals surface area contributed by atoms with Crippen molar-refractivity contribution in [1.82, 2.24) is 4.90 Å². The number of carbonyl (C=O) groups excluding carboxylic acids is 2. The largest absolute Gasteiger partial charge is 0.416 e. The number of alkyl halides is 3. The van der Waals surface area contributed by atoms with Gasteiger partial charge in [-0.3, -0.25) is 14.5 Å². The second-order valence-electron chi connectivity index (χ2n) is 8.47. The summed E-state index contributed by atoms with van der Waals surface area (Å²) in [7, 11) is 0. The van der Waals surface area contributed by atoms with Crippen LogP contribution in [0.1, 0.15) is 22.8 Å². The SMILES string of the molecule is C[C@@H](C(=O)Nc1cc(C(F)(F)F)ccc1NC(=O)c1ccc(-c2ccccc2)cc1)N1CCOCC1. The number of hydrogen-bond donors (Lipinski definition) is 2. The first-order valence-corrected chi connectivity index (χ1v) is 11.5. The summed E-state index contributed by atoms with van der Waals surface area (Å²) in [6.45, 7) is 3.72. The molecule has 0 unspecified atom stereocenters. The molecule has 36 heavy (non-hydrogen) atoms. The van der Waals surface area contributed by atoms with Crippen molar-refractivity contribution in [2.45, 2.75) is 19.1 Å². The standard InChI is InChI=1S/C27H26F3N3O3/c1-18(33-13-15-36-16-14-33)25(34)32-24-17-22(27(28,29)30)11-12-23(24)31-26(35)21-9-7-20(8-10-21)19-5-3-2-4-6-19/h2-12,17-18H,13-16H2,1H3,(H,31,35)(H,32,34)/t18-/m0/s1. The highest BCUT2D eigenvalue weighted by molar-refractivity contribution is 6.08. The smallest absolute Gasteiger partial charge is 0.379 e. The number of halogens is 3. The molecule has 0 aromatic heterocycles. The maximum atomic E-state index is 13.4. The summed E-state index contributed by atoms with van der Waals surface area (Å²) >= 11 is 0. The van der Waals surface area contributed by atoms with Crippen molar-refractivity contribution in [3.63, 3.8) is 0 Å². The van der Waals surface area contributed by atoms with E-state index in [2.05, 4.69) is 10.6 Å². The average Bonchev–Trinajstić information content (AvgIpc) is 2.89. The third-order valence-corrected chi connectivity index (χ3v) is 6.08. The minimum atomic E-state index is -4.61. The van der Waals surface area contributed by atoms with E-state index >= 15 is 0 Å². The highest BCUT2D eigenvalue weighted by Gasteiger charge is 2.32. The van der Waals surface area contributed by atoms with Gasteiger partial charge in [-0.2, -0.15) is 13.2 Å². The number of rotatable bonds is 6. The molecule has 1 saturated heterocycles. The Bertz CT molecular complexity index is 1210. The van der Waals surface area contributed by atoms with E-state index in [1.165, 1.54) is 0 Å². The summed E-state index contributed by atoms with van der Waals surface area (Å²) in [6.07, 6.45) is -4.61. The Hall–Kier alpha value is -3.69. The van der Waals surface area contributed by atoms with Crippen LogP contribution in [0, 0.1) is 0 Å². The highest BCUT2D eigenvalue weighted by atomic mass is 19.4. The molecule has 3 aromatic carbocycles. The maximum Gasteiger partial charge on any atom is 0.416 e. The molecule has 2 N–H and O–H groups in total. The predicted octanol–water partition coefficient (Wildman–Crippen LogP) is 5.28. The number of hydrogen-bond acceptors (Lipinski definition) is 4. The number of ether oxygens (including phenoxy) is 1. The summed E-state index contributed by atoms with van der Waals surface area (Å²) in [4.78, 5) is 27.6. The number of morpholine rings is 1. The fourth-order valence-corrected chi connectivity index (χ4v) is 3.94. The molecule has 6 nitrogen and oxygen atoms in total. The molecule has 188 valence electrons. The van der Waals surface area contributed by atoms with Crippen LogP contribution in [0.4, 0.5) is 24.5 Å². The molecule has 1 heterocycles. The zero-order valence-electron chi connectivity index (χ0n) is 19.6. The Kier molecular flexibility index (Phi) is 7.71. The zero-order valence-corrected chi connectivity index (χ0v) is 19.6. The quantitative estimate of drug-likeness (QED) is 0.486. The molecule has 1 atom stereocenters. The van der Waals surface area contributed by atoms with Crippen LogP contribution in [0.3, 0.4) is 0 Å². The van der Waals surface area contributed by atoms with Crippen LogP contribution >= 0.6 is 0 Å². The first-order chi connectivity index (χ1) is 17.2. The van der Waals surface area contributed by atoms with Gasteiger partial charge in [0.15, 0.2) is 0 Å². The van der Waals surface area contributed by atoms with Gasteiger partial charge in [-0.25, -0.2) is 0 Å². The maximum absolute atomic E-state index is 13.4. The van der Waals surface area contributed by atoms with Gasteiger partial charge in [-0.1, -0.05) is 42.5 Å². The molecule has 0 bridgehead atoms. The van der Waals surface area contributed by atoms with Crippen LogP contribution in [0.15, 0.2) is 72.8 Å². The average molecular weight is 498 g/mol. The van der Waals surface area contributed by atoms with Crippen LogP contribution in [-0.4, -0.2) is 49.1 Å². The van der Waals surface area contributed by atoms with Gasteiger partial charge in [0.25, 0.3) is 5.91 Å². The second-order valence-corrected chi connectivity index (χ2v) is 8.47. The van der Waals surface area contributed by atoms with E-state index in [0.717, 1.165) is 29.3 Å². The summed E-state index contributed by atoms with van der Waals surface area (Å²) in [5.41, 5.74) is 1.26. The monoisotopic (exact) mass is 497 g/mol. The van der Waals surface area contributed by atoms with Crippen molar-refractivity contribution in [1.29, 1.82) is 0 Å². The van der Waals surface area contributed by atoms with Gasteiger partial charge in [0.05, 0.1) is 36.2 Å². The lowest BCUT2D eigenvalue weighted by Crippen LogP contribution is -2.47. The number of carbonyl (C=O) groups is 2. The number of anilines is 2. The number of amides is 2. The molecular formula is C27H26F3N3O3. The molecule has 2 amide bonds. The normalized spacial score (nSPS) is 15.2. The van der Waals surface area contributed by atoms with Gasteiger partial charge in [-0.05, 0) is 48.4 Å². The van der Waals surface area contributed by atoms with E-state index in [1.807, 2.05) is 35.2 Å². The lowest BCUT2D eigenvalue weighted by atomic mass is 10.0. The van der Waals surface area contributed by atoms with Crippen molar-refractivity contribution in [2.75, 3.05) is 36.9 Å². The van der Waals surface area contributed by atoms with Crippen molar-refractivity contribution in [3.05, 3.63) is 83.9 Å². The molecule has 0 saturated carbocycles. The molecule has 0 radical (unpaired) electrons. The first-order valence-electron chi connectivity index (χ1n) is 11.5. The molecule has 9 heteroatoms. The van der Waals surface area contributed by atoms with Gasteiger partial charge in [0.1, 0.15) is 0 Å². The third kappa shape index (κ3) is 6.10. The van der Waals surface area contributed by atoms with Crippen molar-refractivity contribution >= 4 is 23.2 Å². The Morgan fingerprint density at radius 1 is 0.861 bits per heavy atom. The van der Waals surface area contributed by atoms with E-state index in [1.54, 1.807) is 31.2 Å². The predicted molar refractivity (Wildman–Crippen MR) is 132 cm³/mol. The molecular weight excluding hydrogens is 471 g/mol. The molecule has 3 aromatic rings. The van der Waals surface area contributed by atoms with Gasteiger partial charge >= 0.3 is 6.18 Å². The van der Waals surface area contributed by atoms with Crippen molar-refractivity contribution in [3.8, 4) is 11.1 Å². The molecule has 4 rings (SSSR count). The van der Waals surface area contributed by atoms with Gasteiger partial charge in [-0.15, -0.1) is 0 Å². The second kappa shape index (κ2) is 10.9. The fourth-order valence-electron chi connectivity index (χ4n) is 3.94. The Morgan fingerprint density at radius 2 is 1.50 bits per heavy atom. The van der Waals surface area contributed by atoms with E-state index in [-0.39, 0.29) is 11.4 Å². The summed E-state index contributed by atoms with van der Waals surface area (Å²) in [5, 5.41) is 5.21. The van der Waals surface area contributed by atoms with E-state index in [0.29, 0.717) is 31.9 Å². The Morgan fingerprint density at radius 3 is 2.14 bits per heavy atom. The van der Waals surface area contributed by atoms with Crippen molar-refractivity contribution < 1.29 is 27.5 Å². The van der Waals surface area contributed by atoms with Crippen molar-refractivity contribution in [2.24, 2.45) is 0 Å². The molecule has 0 spiro atoms. The van der Waals surface area contributed by atoms with Gasteiger partial charge in [0.2, 0.25) is 5.91 Å². The zero-order chi connectivity index (χ0) is 25.7. The summed E-state index contributed by atoms with van der Waals surface area (Å²) in [5.74, 6) is -0.981. The van der Waals surface area contributed by atoms with Crippen LogP contribution < -0.4 is 10.6 Å². The Labute approximate surface area is 207 Å². The van der Waals surface area contributed by atoms with Crippen LogP contribution in [-0.2, 0) is 15.7 Å². The third-order valence-electron chi connectivity index (χ3n) is 6.08. The number of nitrogens with zero attached hydrogens (tertiary/aromatic N) is 1. The minimum absolute atomic E-state index is 0.0719. The fraction of sp³-hybridized carbons (Fsp3) is 0.259. The van der Waals surface area contributed by atoms with E-state index < -0.39 is 29.6 Å². The molecule has 0 aliphatic carbocycles. The van der Waals surface area contributed by atoms with Crippen LogP contribution in [0.25, 0.3) is 11.1 Å². The Balaban J connectivity index is 1.54. The highest BCUT2D eigenvalue weighted by Crippen LogP contribution is 2.34. The van der Waals surface area contributed by atoms with Crippen LogP contribution in [0.2, 0.25) is 0 Å².